The van der Waals surface area contributed by atoms with E-state index in [0.717, 1.165) is 37.1 Å². The number of amides is 1. The van der Waals surface area contributed by atoms with Crippen molar-refractivity contribution < 1.29 is 9.53 Å². The molecule has 1 fully saturated rings. The Morgan fingerprint density at radius 1 is 1.30 bits per heavy atom. The molecular weight excluding hydrogens is 252 g/mol. The molecule has 20 heavy (non-hydrogen) atoms. The first-order valence-corrected chi connectivity index (χ1v) is 7.45. The molecule has 0 aromatic heterocycles. The van der Waals surface area contributed by atoms with E-state index in [0.29, 0.717) is 19.1 Å². The fourth-order valence-corrected chi connectivity index (χ4v) is 3.07. The molecule has 4 nitrogen and oxygen atoms in total. The van der Waals surface area contributed by atoms with E-state index >= 15 is 0 Å². The van der Waals surface area contributed by atoms with Gasteiger partial charge in [-0.2, -0.15) is 0 Å². The van der Waals surface area contributed by atoms with Gasteiger partial charge < -0.3 is 15.4 Å². The second-order valence-corrected chi connectivity index (χ2v) is 5.83. The Morgan fingerprint density at radius 2 is 2.05 bits per heavy atom. The van der Waals surface area contributed by atoms with Gasteiger partial charge in [0.25, 0.3) is 5.91 Å². The van der Waals surface area contributed by atoms with Crippen molar-refractivity contribution in [3.63, 3.8) is 0 Å². The first-order valence-electron chi connectivity index (χ1n) is 7.45. The lowest BCUT2D eigenvalue weighted by molar-refractivity contribution is 0.0920. The van der Waals surface area contributed by atoms with E-state index in [-0.39, 0.29) is 11.9 Å². The highest BCUT2D eigenvalue weighted by Crippen LogP contribution is 2.21. The van der Waals surface area contributed by atoms with E-state index in [1.165, 1.54) is 5.56 Å². The molecule has 2 heterocycles. The molecule has 1 aromatic rings. The van der Waals surface area contributed by atoms with Crippen LogP contribution in [-0.2, 0) is 18.0 Å². The summed E-state index contributed by atoms with van der Waals surface area (Å²) in [5.41, 5.74) is 3.09. The van der Waals surface area contributed by atoms with Crippen molar-refractivity contribution in [3.8, 4) is 0 Å². The number of rotatable bonds is 3. The summed E-state index contributed by atoms with van der Waals surface area (Å²) in [6, 6.07) is 6.10. The third-order valence-corrected chi connectivity index (χ3v) is 4.43. The summed E-state index contributed by atoms with van der Waals surface area (Å²) in [6.45, 7) is 5.52. The fourth-order valence-electron chi connectivity index (χ4n) is 3.07. The minimum Gasteiger partial charge on any atom is -0.372 e. The lowest BCUT2D eigenvalue weighted by Crippen LogP contribution is -2.42. The number of hydrogen-bond donors (Lipinski definition) is 2. The highest BCUT2D eigenvalue weighted by atomic mass is 16.5. The number of nitrogens with one attached hydrogen (secondary N) is 2. The molecule has 4 heteroatoms. The Kier molecular flexibility index (Phi) is 4.03. The van der Waals surface area contributed by atoms with E-state index in [2.05, 4.69) is 17.6 Å². The van der Waals surface area contributed by atoms with Crippen LogP contribution in [0.1, 0.15) is 41.3 Å². The topological polar surface area (TPSA) is 50.4 Å². The average Bonchev–Trinajstić information content (AvgIpc) is 2.95. The van der Waals surface area contributed by atoms with Gasteiger partial charge >= 0.3 is 0 Å². The normalized spacial score (nSPS) is 20.4. The van der Waals surface area contributed by atoms with E-state index in [1.54, 1.807) is 0 Å². The molecule has 2 N–H and O–H groups in total. The molecule has 1 saturated heterocycles. The van der Waals surface area contributed by atoms with Crippen molar-refractivity contribution in [2.75, 3.05) is 13.1 Å². The van der Waals surface area contributed by atoms with Crippen molar-refractivity contribution in [2.45, 2.75) is 39.0 Å². The zero-order valence-electron chi connectivity index (χ0n) is 11.9. The Bertz CT molecular complexity index is 495. The number of piperidine rings is 1. The zero-order valence-corrected chi connectivity index (χ0v) is 11.9. The molecule has 108 valence electrons. The van der Waals surface area contributed by atoms with Gasteiger partial charge in [0.15, 0.2) is 0 Å². The summed E-state index contributed by atoms with van der Waals surface area (Å²) in [6.07, 6.45) is 2.28. The second kappa shape index (κ2) is 5.94. The maximum Gasteiger partial charge on any atom is 0.251 e. The van der Waals surface area contributed by atoms with Gasteiger partial charge in [-0.25, -0.2) is 0 Å². The van der Waals surface area contributed by atoms with E-state index in [9.17, 15) is 4.79 Å². The molecule has 2 aliphatic rings. The van der Waals surface area contributed by atoms with Gasteiger partial charge in [0.2, 0.25) is 0 Å². The summed E-state index contributed by atoms with van der Waals surface area (Å²) in [4.78, 5) is 12.3. The van der Waals surface area contributed by atoms with Gasteiger partial charge in [-0.1, -0.05) is 6.07 Å². The van der Waals surface area contributed by atoms with Crippen molar-refractivity contribution in [1.82, 2.24) is 10.6 Å². The number of benzene rings is 1. The number of carbonyl (C=O) groups is 1. The average molecular weight is 274 g/mol. The van der Waals surface area contributed by atoms with E-state index < -0.39 is 0 Å². The molecule has 3 rings (SSSR count). The van der Waals surface area contributed by atoms with Crippen LogP contribution >= 0.6 is 0 Å². The van der Waals surface area contributed by atoms with Crippen molar-refractivity contribution in [1.29, 1.82) is 0 Å². The monoisotopic (exact) mass is 274 g/mol. The number of hydrogen-bond acceptors (Lipinski definition) is 3. The highest BCUT2D eigenvalue weighted by molar-refractivity contribution is 5.94. The third-order valence-electron chi connectivity index (χ3n) is 4.43. The quantitative estimate of drug-likeness (QED) is 0.884. The summed E-state index contributed by atoms with van der Waals surface area (Å²) in [7, 11) is 0. The van der Waals surface area contributed by atoms with Gasteiger partial charge in [0.05, 0.1) is 13.2 Å². The minimum atomic E-state index is 0.0331. The lowest BCUT2D eigenvalue weighted by Gasteiger charge is -2.28. The fraction of sp³-hybridized carbons (Fsp3) is 0.562. The van der Waals surface area contributed by atoms with Crippen LogP contribution in [0.25, 0.3) is 0 Å². The number of fused-ring (bicyclic) bond motifs is 1. The predicted molar refractivity (Wildman–Crippen MR) is 77.5 cm³/mol. The van der Waals surface area contributed by atoms with E-state index in [4.69, 9.17) is 4.74 Å². The molecule has 0 radical (unpaired) electrons. The van der Waals surface area contributed by atoms with Crippen LogP contribution < -0.4 is 10.6 Å². The van der Waals surface area contributed by atoms with Crippen molar-refractivity contribution in [2.24, 2.45) is 5.92 Å². The molecule has 0 bridgehead atoms. The van der Waals surface area contributed by atoms with Crippen LogP contribution in [-0.4, -0.2) is 25.0 Å². The van der Waals surface area contributed by atoms with Gasteiger partial charge in [-0.3, -0.25) is 4.79 Å². The maximum absolute atomic E-state index is 12.3. The zero-order chi connectivity index (χ0) is 13.9. The Hall–Kier alpha value is -1.39. The lowest BCUT2D eigenvalue weighted by atomic mass is 9.91. The summed E-state index contributed by atoms with van der Waals surface area (Å²) < 4.78 is 5.39. The van der Waals surface area contributed by atoms with Gasteiger partial charge in [-0.05, 0) is 62.0 Å². The Balaban J connectivity index is 1.63. The SMILES string of the molecule is CC(NC(=O)c1ccc2c(c1)COC2)C1CCNCC1. The molecule has 0 aliphatic carbocycles. The third kappa shape index (κ3) is 2.86. The molecular formula is C16H22N2O2. The van der Waals surface area contributed by atoms with Crippen molar-refractivity contribution in [3.05, 3.63) is 34.9 Å². The molecule has 1 unspecified atom stereocenters. The van der Waals surface area contributed by atoms with Crippen LogP contribution in [0, 0.1) is 5.92 Å². The molecule has 1 amide bonds. The van der Waals surface area contributed by atoms with Crippen LogP contribution in [0.5, 0.6) is 0 Å². The second-order valence-electron chi connectivity index (χ2n) is 5.83. The minimum absolute atomic E-state index is 0.0331. The standard InChI is InChI=1S/C16H22N2O2/c1-11(12-4-6-17-7-5-12)18-16(19)13-2-3-14-9-20-10-15(14)8-13/h2-3,8,11-12,17H,4-7,9-10H2,1H3,(H,18,19). The summed E-state index contributed by atoms with van der Waals surface area (Å²) in [5.74, 6) is 0.615. The molecule has 0 spiro atoms. The van der Waals surface area contributed by atoms with E-state index in [1.807, 2.05) is 18.2 Å². The maximum atomic E-state index is 12.3. The highest BCUT2D eigenvalue weighted by Gasteiger charge is 2.22. The Labute approximate surface area is 119 Å². The van der Waals surface area contributed by atoms with Crippen molar-refractivity contribution >= 4 is 5.91 Å². The smallest absolute Gasteiger partial charge is 0.251 e. The summed E-state index contributed by atoms with van der Waals surface area (Å²) >= 11 is 0. The van der Waals surface area contributed by atoms with Gasteiger partial charge in [0, 0.05) is 11.6 Å². The molecule has 2 aliphatic heterocycles. The van der Waals surface area contributed by atoms with Crippen LogP contribution in [0.2, 0.25) is 0 Å². The number of carbonyl (C=O) groups excluding carboxylic acids is 1. The first-order chi connectivity index (χ1) is 9.74. The first kappa shape index (κ1) is 13.6. The molecule has 0 saturated carbocycles. The molecule has 1 atom stereocenters. The van der Waals surface area contributed by atoms with Gasteiger partial charge in [-0.15, -0.1) is 0 Å². The van der Waals surface area contributed by atoms with Crippen LogP contribution in [0.15, 0.2) is 18.2 Å². The largest absolute Gasteiger partial charge is 0.372 e. The predicted octanol–water partition coefficient (Wildman–Crippen LogP) is 1.83. The van der Waals surface area contributed by atoms with Crippen LogP contribution in [0.3, 0.4) is 0 Å². The Morgan fingerprint density at radius 3 is 2.85 bits per heavy atom. The summed E-state index contributed by atoms with van der Waals surface area (Å²) in [5, 5.41) is 6.51. The number of ether oxygens (including phenoxy) is 1. The van der Waals surface area contributed by atoms with Gasteiger partial charge in [0.1, 0.15) is 0 Å². The molecule has 1 aromatic carbocycles. The van der Waals surface area contributed by atoms with Crippen LogP contribution in [0.4, 0.5) is 0 Å².